The Bertz CT molecular complexity index is 447. The Balaban J connectivity index is 3.19. The molecule has 0 N–H and O–H groups in total. The minimum atomic E-state index is 0.302. The quantitative estimate of drug-likeness (QED) is 0.409. The first-order valence-corrected chi connectivity index (χ1v) is 10.4. The van der Waals surface area contributed by atoms with Crippen LogP contribution in [-0.4, -0.2) is 0 Å². The Morgan fingerprint density at radius 1 is 0.750 bits per heavy atom. The van der Waals surface area contributed by atoms with Gasteiger partial charge in [0.1, 0.15) is 0 Å². The third-order valence-corrected chi connectivity index (χ3v) is 6.81. The summed E-state index contributed by atoms with van der Waals surface area (Å²) in [5.74, 6) is 1.58. The highest BCUT2D eigenvalue weighted by Crippen LogP contribution is 2.40. The van der Waals surface area contributed by atoms with Gasteiger partial charge >= 0.3 is 0 Å². The van der Waals surface area contributed by atoms with Crippen molar-refractivity contribution in [2.45, 2.75) is 105 Å². The third kappa shape index (κ3) is 5.11. The van der Waals surface area contributed by atoms with Crippen LogP contribution in [0, 0.1) is 11.8 Å². The first-order valence-electron chi connectivity index (χ1n) is 10.4. The third-order valence-electron chi connectivity index (χ3n) is 6.81. The van der Waals surface area contributed by atoms with Gasteiger partial charge in [0.05, 0.1) is 0 Å². The number of benzene rings is 1. The summed E-state index contributed by atoms with van der Waals surface area (Å²) in [5, 5.41) is 0. The highest BCUT2D eigenvalue weighted by atomic mass is 14.3. The molecule has 4 unspecified atom stereocenters. The minimum Gasteiger partial charge on any atom is -0.0651 e. The monoisotopic (exact) mass is 330 g/mol. The lowest BCUT2D eigenvalue weighted by Crippen LogP contribution is -2.27. The lowest BCUT2D eigenvalue weighted by molar-refractivity contribution is 0.327. The zero-order valence-electron chi connectivity index (χ0n) is 17.7. The molecule has 0 bridgehead atoms. The molecular formula is C24H42. The van der Waals surface area contributed by atoms with Crippen molar-refractivity contribution in [2.75, 3.05) is 0 Å². The molecule has 0 nitrogen and oxygen atoms in total. The maximum atomic E-state index is 2.54. The van der Waals surface area contributed by atoms with Gasteiger partial charge in [0.2, 0.25) is 0 Å². The standard InChI is InChI=1S/C24H42/c1-9-19(5)17-23(7,11-3)21-14-13-15-22(16-21)24(8,12-4)18-20(6)10-2/h13-16,19-20H,9-12,17-18H2,1-8H3. The summed E-state index contributed by atoms with van der Waals surface area (Å²) in [7, 11) is 0. The van der Waals surface area contributed by atoms with E-state index in [-0.39, 0.29) is 0 Å². The predicted octanol–water partition coefficient (Wildman–Crippen LogP) is 7.89. The van der Waals surface area contributed by atoms with Gasteiger partial charge in [0.15, 0.2) is 0 Å². The van der Waals surface area contributed by atoms with Crippen LogP contribution >= 0.6 is 0 Å². The van der Waals surface area contributed by atoms with Crippen molar-refractivity contribution < 1.29 is 0 Å². The SMILES string of the molecule is CCC(C)CC(C)(CC)c1cccc(C(C)(CC)CC(C)CC)c1. The van der Waals surface area contributed by atoms with Crippen LogP contribution in [0.2, 0.25) is 0 Å². The lowest BCUT2D eigenvalue weighted by Gasteiger charge is -2.35. The second-order valence-electron chi connectivity index (χ2n) is 8.84. The summed E-state index contributed by atoms with van der Waals surface area (Å²) in [4.78, 5) is 0. The number of rotatable bonds is 10. The van der Waals surface area contributed by atoms with Gasteiger partial charge in [-0.25, -0.2) is 0 Å². The normalized spacial score (nSPS) is 19.3. The van der Waals surface area contributed by atoms with Crippen LogP contribution in [0.4, 0.5) is 0 Å². The molecule has 0 aliphatic carbocycles. The van der Waals surface area contributed by atoms with Crippen molar-refractivity contribution in [3.8, 4) is 0 Å². The zero-order chi connectivity index (χ0) is 18.4. The van der Waals surface area contributed by atoms with Crippen molar-refractivity contribution in [2.24, 2.45) is 11.8 Å². The fourth-order valence-corrected chi connectivity index (χ4v) is 4.03. The molecule has 0 heterocycles. The lowest BCUT2D eigenvalue weighted by atomic mass is 9.69. The van der Waals surface area contributed by atoms with Gasteiger partial charge in [-0.1, -0.05) is 92.5 Å². The summed E-state index contributed by atoms with van der Waals surface area (Å²) in [5.41, 5.74) is 3.70. The van der Waals surface area contributed by atoms with Gasteiger partial charge in [-0.2, -0.15) is 0 Å². The second-order valence-corrected chi connectivity index (χ2v) is 8.84. The van der Waals surface area contributed by atoms with Crippen LogP contribution in [0.3, 0.4) is 0 Å². The molecule has 0 saturated carbocycles. The molecule has 24 heavy (non-hydrogen) atoms. The molecule has 0 radical (unpaired) electrons. The summed E-state index contributed by atoms with van der Waals surface area (Å²) in [6.07, 6.45) is 7.56. The van der Waals surface area contributed by atoms with Crippen LogP contribution in [0.25, 0.3) is 0 Å². The van der Waals surface area contributed by atoms with E-state index < -0.39 is 0 Å². The Labute approximate surface area is 152 Å². The maximum absolute atomic E-state index is 2.54. The maximum Gasteiger partial charge on any atom is -0.00752 e. The molecule has 0 aliphatic rings. The van der Waals surface area contributed by atoms with Crippen LogP contribution in [0.1, 0.15) is 105 Å². The summed E-state index contributed by atoms with van der Waals surface area (Å²) in [6.45, 7) is 19.1. The molecule has 0 aromatic heterocycles. The van der Waals surface area contributed by atoms with E-state index in [1.54, 1.807) is 11.1 Å². The fraction of sp³-hybridized carbons (Fsp3) is 0.750. The molecule has 0 heteroatoms. The fourth-order valence-electron chi connectivity index (χ4n) is 4.03. The molecule has 4 atom stereocenters. The van der Waals surface area contributed by atoms with Crippen molar-refractivity contribution in [1.29, 1.82) is 0 Å². The molecule has 0 saturated heterocycles. The molecule has 0 amide bonds. The van der Waals surface area contributed by atoms with E-state index in [9.17, 15) is 0 Å². The largest absolute Gasteiger partial charge is 0.0651 e. The number of hydrogen-bond acceptors (Lipinski definition) is 0. The van der Waals surface area contributed by atoms with Crippen LogP contribution < -0.4 is 0 Å². The minimum absolute atomic E-state index is 0.302. The molecular weight excluding hydrogens is 288 g/mol. The van der Waals surface area contributed by atoms with Crippen molar-refractivity contribution in [1.82, 2.24) is 0 Å². The van der Waals surface area contributed by atoms with E-state index in [1.165, 1.54) is 38.5 Å². The molecule has 138 valence electrons. The van der Waals surface area contributed by atoms with Gasteiger partial charge in [-0.15, -0.1) is 0 Å². The Morgan fingerprint density at radius 2 is 1.12 bits per heavy atom. The van der Waals surface area contributed by atoms with E-state index in [0.29, 0.717) is 10.8 Å². The van der Waals surface area contributed by atoms with E-state index in [2.05, 4.69) is 79.7 Å². The molecule has 0 fully saturated rings. The highest BCUT2D eigenvalue weighted by Gasteiger charge is 2.30. The molecule has 0 aliphatic heterocycles. The van der Waals surface area contributed by atoms with Gasteiger partial charge in [0, 0.05) is 0 Å². The van der Waals surface area contributed by atoms with Crippen LogP contribution in [0.5, 0.6) is 0 Å². The van der Waals surface area contributed by atoms with E-state index >= 15 is 0 Å². The van der Waals surface area contributed by atoms with Crippen LogP contribution in [0.15, 0.2) is 24.3 Å². The van der Waals surface area contributed by atoms with E-state index in [1.807, 2.05) is 0 Å². The van der Waals surface area contributed by atoms with E-state index in [4.69, 9.17) is 0 Å². The van der Waals surface area contributed by atoms with Crippen LogP contribution in [-0.2, 0) is 10.8 Å². The number of hydrogen-bond donors (Lipinski definition) is 0. The van der Waals surface area contributed by atoms with Gasteiger partial charge < -0.3 is 0 Å². The molecule has 1 rings (SSSR count). The highest BCUT2D eigenvalue weighted by molar-refractivity contribution is 5.34. The topological polar surface area (TPSA) is 0 Å². The Morgan fingerprint density at radius 3 is 1.42 bits per heavy atom. The smallest absolute Gasteiger partial charge is 0.00752 e. The second kappa shape index (κ2) is 9.07. The first kappa shape index (κ1) is 21.3. The van der Waals surface area contributed by atoms with Crippen molar-refractivity contribution in [3.05, 3.63) is 35.4 Å². The van der Waals surface area contributed by atoms with Gasteiger partial charge in [0.25, 0.3) is 0 Å². The average molecular weight is 331 g/mol. The van der Waals surface area contributed by atoms with Crippen molar-refractivity contribution >= 4 is 0 Å². The molecule has 1 aromatic rings. The van der Waals surface area contributed by atoms with Gasteiger partial charge in [-0.3, -0.25) is 0 Å². The molecule has 0 spiro atoms. The summed E-state index contributed by atoms with van der Waals surface area (Å²) < 4.78 is 0. The first-order chi connectivity index (χ1) is 11.2. The van der Waals surface area contributed by atoms with Gasteiger partial charge in [-0.05, 0) is 59.5 Å². The average Bonchev–Trinajstić information content (AvgIpc) is 2.61. The van der Waals surface area contributed by atoms with Crippen molar-refractivity contribution in [3.63, 3.8) is 0 Å². The predicted molar refractivity (Wildman–Crippen MR) is 110 cm³/mol. The summed E-state index contributed by atoms with van der Waals surface area (Å²) in [6, 6.07) is 9.58. The Kier molecular flexibility index (Phi) is 8.03. The summed E-state index contributed by atoms with van der Waals surface area (Å²) >= 11 is 0. The Hall–Kier alpha value is -0.780. The van der Waals surface area contributed by atoms with E-state index in [0.717, 1.165) is 11.8 Å². The molecule has 1 aromatic carbocycles. The zero-order valence-corrected chi connectivity index (χ0v) is 17.7.